The molecule has 0 spiro atoms. The second-order valence-electron chi connectivity index (χ2n) is 6.88. The first-order valence-corrected chi connectivity index (χ1v) is 9.45. The Morgan fingerprint density at radius 1 is 1.00 bits per heavy atom. The normalized spacial score (nSPS) is 10.8. The minimum absolute atomic E-state index is 0.112. The molecule has 0 unspecified atom stereocenters. The van der Waals surface area contributed by atoms with Gasteiger partial charge in [0.2, 0.25) is 5.78 Å². The Morgan fingerprint density at radius 3 is 2.42 bits per heavy atom. The average Bonchev–Trinajstić information content (AvgIpc) is 3.13. The van der Waals surface area contributed by atoms with Crippen molar-refractivity contribution in [1.82, 2.24) is 4.40 Å². The molecule has 0 aliphatic heterocycles. The molecule has 0 aliphatic carbocycles. The Kier molecular flexibility index (Phi) is 5.09. The number of hydrogen-bond donors (Lipinski definition) is 2. The van der Waals surface area contributed by atoms with Gasteiger partial charge < -0.3 is 24.7 Å². The first-order chi connectivity index (χ1) is 15.0. The van der Waals surface area contributed by atoms with Gasteiger partial charge in [0.15, 0.2) is 5.75 Å². The van der Waals surface area contributed by atoms with Crippen molar-refractivity contribution in [3.63, 3.8) is 0 Å². The zero-order valence-electron chi connectivity index (χ0n) is 17.0. The van der Waals surface area contributed by atoms with Gasteiger partial charge in [-0.25, -0.2) is 4.79 Å². The van der Waals surface area contributed by atoms with Gasteiger partial charge in [0.1, 0.15) is 11.4 Å². The number of ketones is 1. The highest BCUT2D eigenvalue weighted by atomic mass is 16.5. The summed E-state index contributed by atoms with van der Waals surface area (Å²) in [5.74, 6) is -0.305. The van der Waals surface area contributed by atoms with E-state index in [4.69, 9.17) is 15.2 Å². The van der Waals surface area contributed by atoms with E-state index < -0.39 is 5.97 Å². The first-order valence-electron chi connectivity index (χ1n) is 9.45. The van der Waals surface area contributed by atoms with Gasteiger partial charge in [-0.3, -0.25) is 4.79 Å². The van der Waals surface area contributed by atoms with E-state index in [-0.39, 0.29) is 28.3 Å². The number of hydrogen-bond acceptors (Lipinski definition) is 6. The molecular weight excluding hydrogens is 396 g/mol. The summed E-state index contributed by atoms with van der Waals surface area (Å²) < 4.78 is 12.2. The van der Waals surface area contributed by atoms with E-state index in [1.807, 2.05) is 18.2 Å². The van der Waals surface area contributed by atoms with Gasteiger partial charge in [0.05, 0.1) is 30.9 Å². The summed E-state index contributed by atoms with van der Waals surface area (Å²) in [6.45, 7) is 0. The van der Waals surface area contributed by atoms with E-state index in [2.05, 4.69) is 0 Å². The highest BCUT2D eigenvalue weighted by molar-refractivity contribution is 6.15. The SMILES string of the molecule is COC(=O)c1cc(C(=O)c2c(-c3ccc(O)cc3)c(OC)c3ccccn23)ccc1N. The lowest BCUT2D eigenvalue weighted by Crippen LogP contribution is -2.11. The molecule has 0 aliphatic rings. The van der Waals surface area contributed by atoms with Gasteiger partial charge >= 0.3 is 5.97 Å². The van der Waals surface area contributed by atoms with E-state index in [9.17, 15) is 14.7 Å². The van der Waals surface area contributed by atoms with Crippen molar-refractivity contribution in [1.29, 1.82) is 0 Å². The Balaban J connectivity index is 1.99. The summed E-state index contributed by atoms with van der Waals surface area (Å²) in [6.07, 6.45) is 1.77. The number of aromatic hydroxyl groups is 1. The average molecular weight is 416 g/mol. The molecule has 4 rings (SSSR count). The second-order valence-corrected chi connectivity index (χ2v) is 6.88. The number of methoxy groups -OCH3 is 2. The van der Waals surface area contributed by atoms with Crippen molar-refractivity contribution in [2.24, 2.45) is 0 Å². The molecule has 156 valence electrons. The molecule has 2 aromatic carbocycles. The molecule has 2 aromatic heterocycles. The van der Waals surface area contributed by atoms with Crippen LogP contribution in [0.25, 0.3) is 16.6 Å². The maximum atomic E-state index is 13.7. The Bertz CT molecular complexity index is 1310. The molecule has 7 nitrogen and oxygen atoms in total. The molecule has 0 bridgehead atoms. The smallest absolute Gasteiger partial charge is 0.339 e. The Morgan fingerprint density at radius 2 is 1.74 bits per heavy atom. The number of ether oxygens (including phenoxy) is 2. The summed E-state index contributed by atoms with van der Waals surface area (Å²) in [6, 6.07) is 16.5. The molecule has 31 heavy (non-hydrogen) atoms. The molecule has 0 saturated heterocycles. The Labute approximate surface area is 178 Å². The van der Waals surface area contributed by atoms with E-state index >= 15 is 0 Å². The number of nitrogens with two attached hydrogens (primary N) is 1. The van der Waals surface area contributed by atoms with Crippen LogP contribution in [0.1, 0.15) is 26.4 Å². The predicted octanol–water partition coefficient (Wildman–Crippen LogP) is 3.92. The number of pyridine rings is 1. The van der Waals surface area contributed by atoms with Crippen molar-refractivity contribution >= 4 is 23.0 Å². The fourth-order valence-corrected chi connectivity index (χ4v) is 3.63. The van der Waals surface area contributed by atoms with Crippen molar-refractivity contribution in [2.45, 2.75) is 0 Å². The van der Waals surface area contributed by atoms with Crippen LogP contribution in [0.3, 0.4) is 0 Å². The van der Waals surface area contributed by atoms with E-state index in [1.54, 1.807) is 48.0 Å². The molecule has 0 fully saturated rings. The lowest BCUT2D eigenvalue weighted by Gasteiger charge is -2.10. The number of carbonyl (C=O) groups is 2. The summed E-state index contributed by atoms with van der Waals surface area (Å²) >= 11 is 0. The minimum Gasteiger partial charge on any atom is -0.508 e. The third kappa shape index (κ3) is 3.36. The van der Waals surface area contributed by atoms with Crippen LogP contribution in [0.4, 0.5) is 5.69 Å². The molecule has 3 N–H and O–H groups in total. The standard InChI is InChI=1S/C24H20N2O5/c1-30-23-19-5-3-4-12-26(19)21(20(23)14-6-9-16(27)10-7-14)22(28)15-8-11-18(25)17(13-15)24(29)31-2/h3-13,27H,25H2,1-2H3. The fourth-order valence-electron chi connectivity index (χ4n) is 3.63. The number of nitrogens with zero attached hydrogens (tertiary/aromatic N) is 1. The van der Waals surface area contributed by atoms with Crippen molar-refractivity contribution in [3.8, 4) is 22.6 Å². The van der Waals surface area contributed by atoms with Gasteiger partial charge in [-0.1, -0.05) is 18.2 Å². The second kappa shape index (κ2) is 7.87. The number of esters is 1. The van der Waals surface area contributed by atoms with E-state index in [0.717, 1.165) is 0 Å². The monoisotopic (exact) mass is 416 g/mol. The number of aromatic nitrogens is 1. The summed E-state index contributed by atoms with van der Waals surface area (Å²) in [5.41, 5.74) is 8.86. The topological polar surface area (TPSA) is 103 Å². The largest absolute Gasteiger partial charge is 0.508 e. The van der Waals surface area contributed by atoms with Gasteiger partial charge in [0.25, 0.3) is 0 Å². The zero-order chi connectivity index (χ0) is 22.1. The third-order valence-electron chi connectivity index (χ3n) is 5.09. The maximum absolute atomic E-state index is 13.7. The van der Waals surface area contributed by atoms with Crippen LogP contribution in [0, 0.1) is 0 Å². The molecular formula is C24H20N2O5. The fraction of sp³-hybridized carbons (Fsp3) is 0.0833. The number of nitrogen functional groups attached to an aromatic ring is 1. The van der Waals surface area contributed by atoms with Gasteiger partial charge in [0, 0.05) is 17.4 Å². The lowest BCUT2D eigenvalue weighted by molar-refractivity contribution is 0.0602. The van der Waals surface area contributed by atoms with Crippen LogP contribution < -0.4 is 10.5 Å². The highest BCUT2D eigenvalue weighted by Crippen LogP contribution is 2.40. The summed E-state index contributed by atoms with van der Waals surface area (Å²) in [4.78, 5) is 25.8. The van der Waals surface area contributed by atoms with Gasteiger partial charge in [-0.2, -0.15) is 0 Å². The Hall–Kier alpha value is -4.26. The van der Waals surface area contributed by atoms with Crippen molar-refractivity contribution < 1.29 is 24.2 Å². The highest BCUT2D eigenvalue weighted by Gasteiger charge is 2.27. The zero-order valence-corrected chi connectivity index (χ0v) is 17.0. The van der Waals surface area contributed by atoms with Crippen molar-refractivity contribution in [2.75, 3.05) is 20.0 Å². The number of phenols is 1. The van der Waals surface area contributed by atoms with Crippen LogP contribution in [0.5, 0.6) is 11.5 Å². The number of anilines is 1. The molecule has 0 saturated carbocycles. The van der Waals surface area contributed by atoms with E-state index in [1.165, 1.54) is 19.2 Å². The molecule has 0 amide bonds. The number of benzene rings is 2. The van der Waals surface area contributed by atoms with Crippen LogP contribution in [0.2, 0.25) is 0 Å². The van der Waals surface area contributed by atoms with Gasteiger partial charge in [-0.05, 0) is 48.0 Å². The minimum atomic E-state index is -0.622. The number of rotatable bonds is 5. The number of phenolic OH excluding ortho intramolecular Hbond substituents is 1. The summed E-state index contributed by atoms with van der Waals surface area (Å²) in [7, 11) is 2.80. The van der Waals surface area contributed by atoms with Crippen LogP contribution in [0.15, 0.2) is 66.9 Å². The van der Waals surface area contributed by atoms with Gasteiger partial charge in [-0.15, -0.1) is 0 Å². The predicted molar refractivity (Wildman–Crippen MR) is 117 cm³/mol. The molecule has 2 heterocycles. The number of carbonyl (C=O) groups excluding carboxylic acids is 2. The lowest BCUT2D eigenvalue weighted by atomic mass is 9.98. The molecule has 4 aromatic rings. The van der Waals surface area contributed by atoms with Crippen LogP contribution in [-0.4, -0.2) is 35.5 Å². The van der Waals surface area contributed by atoms with Crippen LogP contribution in [-0.2, 0) is 4.74 Å². The van der Waals surface area contributed by atoms with E-state index in [0.29, 0.717) is 28.1 Å². The molecule has 7 heteroatoms. The molecule has 0 atom stereocenters. The molecule has 0 radical (unpaired) electrons. The number of fused-ring (bicyclic) bond motifs is 1. The summed E-state index contributed by atoms with van der Waals surface area (Å²) in [5, 5.41) is 9.70. The third-order valence-corrected chi connectivity index (χ3v) is 5.09. The first kappa shape index (κ1) is 20.0. The van der Waals surface area contributed by atoms with Crippen molar-refractivity contribution in [3.05, 3.63) is 83.7 Å². The quantitative estimate of drug-likeness (QED) is 0.290. The maximum Gasteiger partial charge on any atom is 0.339 e. The van der Waals surface area contributed by atoms with Crippen LogP contribution >= 0.6 is 0 Å².